The van der Waals surface area contributed by atoms with Gasteiger partial charge >= 0.3 is 0 Å². The predicted octanol–water partition coefficient (Wildman–Crippen LogP) is 6.44. The van der Waals surface area contributed by atoms with Gasteiger partial charge in [-0.05, 0) is 48.2 Å². The minimum atomic E-state index is -1.59. The first-order chi connectivity index (χ1) is 28.4. The van der Waals surface area contributed by atoms with Gasteiger partial charge in [0.2, 0.25) is 11.4 Å². The molecule has 0 amide bonds. The number of benzene rings is 2. The third kappa shape index (κ3) is 9.45. The van der Waals surface area contributed by atoms with Crippen molar-refractivity contribution in [3.05, 3.63) is 120 Å². The molecule has 308 valence electrons. The number of nitriles is 2. The normalized spacial score (nSPS) is 23.8. The van der Waals surface area contributed by atoms with Crippen LogP contribution in [0.3, 0.4) is 0 Å². The van der Waals surface area contributed by atoms with Crippen molar-refractivity contribution >= 4 is 30.7 Å². The second-order valence-electron chi connectivity index (χ2n) is 15.6. The van der Waals surface area contributed by atoms with E-state index in [4.69, 9.17) is 35.7 Å². The van der Waals surface area contributed by atoms with Gasteiger partial charge in [0.25, 0.3) is 0 Å². The second-order valence-corrected chi connectivity index (χ2v) is 20.3. The van der Waals surface area contributed by atoms with Gasteiger partial charge in [0, 0.05) is 18.5 Å². The van der Waals surface area contributed by atoms with Crippen molar-refractivity contribution in [1.29, 1.82) is 10.5 Å². The van der Waals surface area contributed by atoms with Crippen molar-refractivity contribution < 1.29 is 24.1 Å². The van der Waals surface area contributed by atoms with E-state index in [1.807, 2.05) is 100 Å². The molecular weight excluding hydrogens is 765 g/mol. The summed E-state index contributed by atoms with van der Waals surface area (Å²) >= 11 is 0. The first-order valence-corrected chi connectivity index (χ1v) is 23.2. The van der Waals surface area contributed by atoms with Crippen LogP contribution in [0.15, 0.2) is 97.6 Å². The lowest BCUT2D eigenvalue weighted by molar-refractivity contribution is -0.250. The van der Waals surface area contributed by atoms with Crippen molar-refractivity contribution in [3.8, 4) is 11.8 Å². The Balaban J connectivity index is 0.000000175. The average molecular weight is 817 g/mol. The number of hydrogen-bond donors (Lipinski definition) is 3. The fraction of sp³-hybridized carbons (Fsp3) is 0.395. The van der Waals surface area contributed by atoms with E-state index in [0.29, 0.717) is 60.1 Å². The topological polar surface area (TPSA) is 217 Å². The molecule has 2 aliphatic heterocycles. The molecule has 0 bridgehead atoms. The zero-order chi connectivity index (χ0) is 42.2. The average Bonchev–Trinajstić information content (AvgIpc) is 4.04. The van der Waals surface area contributed by atoms with Crippen LogP contribution in [0.4, 0.5) is 11.6 Å². The van der Waals surface area contributed by atoms with Crippen molar-refractivity contribution in [2.24, 2.45) is 0 Å². The minimum Gasteiger partial charge on any atom is -0.382 e. The Kier molecular flexibility index (Phi) is 13.4. The van der Waals surface area contributed by atoms with Gasteiger partial charge in [0.05, 0.1) is 31.1 Å². The zero-order valence-corrected chi connectivity index (χ0v) is 35.1. The van der Waals surface area contributed by atoms with E-state index in [1.165, 1.54) is 12.7 Å². The van der Waals surface area contributed by atoms with Crippen LogP contribution in [0.5, 0.6) is 0 Å². The first kappa shape index (κ1) is 42.9. The highest BCUT2D eigenvalue weighted by Gasteiger charge is 2.53. The SMILES string of the molecule is CC[C@@H]1C[C@@H](OCc2ccccc2)C(C#N)(c2ccc3c(N)ncnn23)O1.CC[C@@H]1C[C@@H](OCc2ccccc2)C(O)(c2ccc3c(N)ncnn23)O1.C[Si](C)(C)C#N. The van der Waals surface area contributed by atoms with E-state index in [-0.39, 0.29) is 12.2 Å². The van der Waals surface area contributed by atoms with Crippen LogP contribution in [0, 0.1) is 22.3 Å². The Morgan fingerprint density at radius 2 is 1.19 bits per heavy atom. The third-order valence-electron chi connectivity index (χ3n) is 10.3. The largest absolute Gasteiger partial charge is 0.382 e. The lowest BCUT2D eigenvalue weighted by Crippen LogP contribution is -2.39. The number of nitrogens with two attached hydrogens (primary N) is 2. The van der Waals surface area contributed by atoms with Crippen LogP contribution in [-0.4, -0.2) is 66.8 Å². The number of anilines is 2. The number of nitrogens with zero attached hydrogens (tertiary/aromatic N) is 8. The third-order valence-corrected chi connectivity index (χ3v) is 10.9. The highest BCUT2D eigenvalue weighted by atomic mass is 28.3. The van der Waals surface area contributed by atoms with Crippen LogP contribution in [0.25, 0.3) is 11.0 Å². The van der Waals surface area contributed by atoms with Crippen molar-refractivity contribution in [3.63, 3.8) is 0 Å². The molecule has 2 saturated heterocycles. The molecular formula is C43H52N10O5Si. The number of aliphatic hydroxyl groups is 1. The van der Waals surface area contributed by atoms with Gasteiger partial charge in [0.15, 0.2) is 19.7 Å². The summed E-state index contributed by atoms with van der Waals surface area (Å²) in [5.41, 5.74) is 17.3. The van der Waals surface area contributed by atoms with Gasteiger partial charge in [-0.15, -0.1) is 0 Å². The Morgan fingerprint density at radius 1 is 0.729 bits per heavy atom. The van der Waals surface area contributed by atoms with E-state index in [0.717, 1.165) is 24.0 Å². The highest BCUT2D eigenvalue weighted by Crippen LogP contribution is 2.43. The maximum Gasteiger partial charge on any atom is 0.237 e. The number of rotatable bonds is 10. The van der Waals surface area contributed by atoms with Crippen molar-refractivity contribution in [1.82, 2.24) is 29.2 Å². The summed E-state index contributed by atoms with van der Waals surface area (Å²) in [5.74, 6) is -0.888. The van der Waals surface area contributed by atoms with E-state index in [2.05, 4.69) is 31.9 Å². The molecule has 0 saturated carbocycles. The molecule has 5 N–H and O–H groups in total. The molecule has 0 spiro atoms. The van der Waals surface area contributed by atoms with Gasteiger partial charge in [-0.1, -0.05) is 94.2 Å². The van der Waals surface area contributed by atoms with Gasteiger partial charge in [-0.25, -0.2) is 24.3 Å². The summed E-state index contributed by atoms with van der Waals surface area (Å²) in [6.07, 6.45) is 4.50. The van der Waals surface area contributed by atoms with Crippen LogP contribution < -0.4 is 11.5 Å². The Bertz CT molecular complexity index is 2390. The molecule has 0 aliphatic carbocycles. The smallest absolute Gasteiger partial charge is 0.237 e. The minimum absolute atomic E-state index is 0.0600. The number of ether oxygens (including phenoxy) is 4. The molecule has 2 aromatic carbocycles. The lowest BCUT2D eigenvalue weighted by Gasteiger charge is -2.28. The van der Waals surface area contributed by atoms with E-state index in [1.54, 1.807) is 27.2 Å². The molecule has 0 radical (unpaired) electrons. The van der Waals surface area contributed by atoms with Gasteiger partial charge in [-0.3, -0.25) is 0 Å². The standard InChI is InChI=1S/C20H21N5O2.C19H22N4O3.C4H9NSi/c1-2-15-10-18(26-11-14-6-4-3-5-7-14)20(12-21,27-15)17-9-8-16-19(22)23-13-24-25(16)17;1-2-14-10-17(25-11-13-6-4-3-5-7-13)19(24,26-14)16-9-8-15-18(20)21-12-22-23(15)16;1-6(2,3)4-5/h3-9,13,15,18H,2,10-11H2,1H3,(H2,22,23,24);3-9,12,14,17,24H,2,10-11H2,1H3,(H2,20,21,22);1-3H3/t15-,18-,20?;14-,17-,19?;/m11./s1. The summed E-state index contributed by atoms with van der Waals surface area (Å²) in [5, 5.41) is 38.3. The second kappa shape index (κ2) is 18.5. The number of fused-ring (bicyclic) bond motifs is 2. The molecule has 6 atom stereocenters. The summed E-state index contributed by atoms with van der Waals surface area (Å²) in [6.45, 7) is 10.9. The number of aromatic nitrogens is 6. The zero-order valence-electron chi connectivity index (χ0n) is 34.1. The van der Waals surface area contributed by atoms with Crippen LogP contribution >= 0.6 is 0 Å². The maximum absolute atomic E-state index is 11.4. The molecule has 2 unspecified atom stereocenters. The summed E-state index contributed by atoms with van der Waals surface area (Å²) in [4.78, 5) is 8.00. The quantitative estimate of drug-likeness (QED) is 0.127. The molecule has 59 heavy (non-hydrogen) atoms. The summed E-state index contributed by atoms with van der Waals surface area (Å²) in [7, 11) is -1.33. The number of hydrogen-bond acceptors (Lipinski definition) is 13. The van der Waals surface area contributed by atoms with Gasteiger partial charge in [0.1, 0.15) is 47.7 Å². The maximum atomic E-state index is 11.4. The van der Waals surface area contributed by atoms with Crippen LogP contribution in [0.2, 0.25) is 19.6 Å². The first-order valence-electron chi connectivity index (χ1n) is 19.7. The monoisotopic (exact) mass is 816 g/mol. The molecule has 6 aromatic rings. The Morgan fingerprint density at radius 3 is 1.68 bits per heavy atom. The van der Waals surface area contributed by atoms with E-state index >= 15 is 0 Å². The Hall–Kier alpha value is -5.72. The van der Waals surface area contributed by atoms with E-state index < -0.39 is 31.7 Å². The molecule has 4 aromatic heterocycles. The molecule has 2 aliphatic rings. The Labute approximate surface area is 345 Å². The van der Waals surface area contributed by atoms with Crippen molar-refractivity contribution in [2.75, 3.05) is 11.5 Å². The molecule has 6 heterocycles. The predicted molar refractivity (Wildman–Crippen MR) is 225 cm³/mol. The van der Waals surface area contributed by atoms with Crippen LogP contribution in [-0.2, 0) is 43.5 Å². The molecule has 15 nitrogen and oxygen atoms in total. The highest BCUT2D eigenvalue weighted by molar-refractivity contribution is 6.83. The lowest BCUT2D eigenvalue weighted by atomic mass is 9.93. The fourth-order valence-electron chi connectivity index (χ4n) is 7.04. The van der Waals surface area contributed by atoms with Crippen LogP contribution in [0.1, 0.15) is 62.0 Å². The summed E-state index contributed by atoms with van der Waals surface area (Å²) in [6, 6.07) is 29.3. The molecule has 2 fully saturated rings. The van der Waals surface area contributed by atoms with Crippen molar-refractivity contribution in [2.45, 2.75) is 108 Å². The van der Waals surface area contributed by atoms with E-state index in [9.17, 15) is 10.4 Å². The summed E-state index contributed by atoms with van der Waals surface area (Å²) < 4.78 is 27.7. The fourth-order valence-corrected chi connectivity index (χ4v) is 7.04. The molecule has 16 heteroatoms. The van der Waals surface area contributed by atoms with Gasteiger partial charge in [-0.2, -0.15) is 15.5 Å². The van der Waals surface area contributed by atoms with Gasteiger partial charge < -0.3 is 35.5 Å². The molecule has 8 rings (SSSR count). The number of nitrogen functional groups attached to an aromatic ring is 2.